The van der Waals surface area contributed by atoms with Crippen LogP contribution in [0.1, 0.15) is 29.2 Å². The quantitative estimate of drug-likeness (QED) is 0.147. The van der Waals surface area contributed by atoms with Gasteiger partial charge in [-0.25, -0.2) is 9.18 Å². The Morgan fingerprint density at radius 2 is 1.87 bits per heavy atom. The number of hydrogen-bond acceptors (Lipinski definition) is 5. The number of ether oxygens (including phenoxy) is 2. The molecule has 0 aliphatic heterocycles. The highest BCUT2D eigenvalue weighted by atomic mass is 19.4. The highest BCUT2D eigenvalue weighted by molar-refractivity contribution is 6.16. The smallest absolute Gasteiger partial charge is 0.416 e. The molecule has 0 heterocycles. The molecule has 0 N–H and O–H groups in total. The van der Waals surface area contributed by atoms with Crippen LogP contribution in [0.25, 0.3) is 5.57 Å². The van der Waals surface area contributed by atoms with Gasteiger partial charge < -0.3 is 14.3 Å². The van der Waals surface area contributed by atoms with Crippen LogP contribution in [0.3, 0.4) is 0 Å². The van der Waals surface area contributed by atoms with E-state index in [1.807, 2.05) is 0 Å². The van der Waals surface area contributed by atoms with Gasteiger partial charge in [0.25, 0.3) is 0 Å². The maximum Gasteiger partial charge on any atom is 0.416 e. The zero-order valence-electron chi connectivity index (χ0n) is 16.2. The summed E-state index contributed by atoms with van der Waals surface area (Å²) in [6.07, 6.45) is -3.52. The van der Waals surface area contributed by atoms with Crippen molar-refractivity contribution in [2.75, 3.05) is 14.0 Å². The lowest BCUT2D eigenvalue weighted by Gasteiger charge is -2.11. The molecule has 30 heavy (non-hydrogen) atoms. The number of rotatable bonds is 8. The molecule has 160 valence electrons. The minimum Gasteiger partial charge on any atom is -0.470 e. The van der Waals surface area contributed by atoms with Crippen molar-refractivity contribution in [1.82, 2.24) is 0 Å². The molecule has 0 radical (unpaired) electrons. The van der Waals surface area contributed by atoms with E-state index in [2.05, 4.69) is 14.6 Å². The molecule has 9 heteroatoms. The van der Waals surface area contributed by atoms with E-state index < -0.39 is 24.6 Å². The molecule has 0 atom stereocenters. The average molecular weight is 425 g/mol. The maximum atomic E-state index is 12.9. The summed E-state index contributed by atoms with van der Waals surface area (Å²) in [4.78, 5) is 17.3. The topological polar surface area (TPSA) is 57.1 Å². The zero-order chi connectivity index (χ0) is 22.1. The molecule has 0 unspecified atom stereocenters. The van der Waals surface area contributed by atoms with Crippen LogP contribution < -0.4 is 0 Å². The van der Waals surface area contributed by atoms with Gasteiger partial charge in [0.15, 0.2) is 0 Å². The Kier molecular flexibility index (Phi) is 7.97. The Balaban J connectivity index is 2.21. The first kappa shape index (κ1) is 22.9. The van der Waals surface area contributed by atoms with Crippen molar-refractivity contribution in [3.8, 4) is 0 Å². The number of carbonyl (C=O) groups is 1. The van der Waals surface area contributed by atoms with Crippen LogP contribution in [0.2, 0.25) is 0 Å². The minimum atomic E-state index is -4.46. The summed E-state index contributed by atoms with van der Waals surface area (Å²) < 4.78 is 60.2. The number of methoxy groups -OCH3 is 1. The summed E-state index contributed by atoms with van der Waals surface area (Å²) in [5.41, 5.74) is 0.572. The number of nitrogens with zero attached hydrogens (tertiary/aromatic N) is 1. The van der Waals surface area contributed by atoms with Gasteiger partial charge in [0.2, 0.25) is 6.86 Å². The number of carbonyl (C=O) groups excluding carboxylic acids is 1. The highest BCUT2D eigenvalue weighted by Crippen LogP contribution is 2.29. The fourth-order valence-electron chi connectivity index (χ4n) is 2.53. The zero-order valence-corrected chi connectivity index (χ0v) is 16.2. The van der Waals surface area contributed by atoms with Gasteiger partial charge in [-0.05, 0) is 30.2 Å². The summed E-state index contributed by atoms with van der Waals surface area (Å²) in [5.74, 6) is -0.737. The van der Waals surface area contributed by atoms with Gasteiger partial charge in [-0.3, -0.25) is 0 Å². The van der Waals surface area contributed by atoms with Crippen molar-refractivity contribution in [3.05, 3.63) is 77.0 Å². The predicted molar refractivity (Wildman–Crippen MR) is 102 cm³/mol. The van der Waals surface area contributed by atoms with Crippen LogP contribution in [0.15, 0.2) is 59.9 Å². The van der Waals surface area contributed by atoms with Crippen LogP contribution >= 0.6 is 0 Å². The number of benzene rings is 2. The molecule has 0 fully saturated rings. The summed E-state index contributed by atoms with van der Waals surface area (Å²) >= 11 is 0. The number of oxime groups is 1. The standard InChI is InChI=1S/C21H19F4NO4/c1-14(15-7-5-8-17(10-15)21(23,24)25)26-30-11-16-6-3-4-9-18(16)19(12-29-13-22)20(27)28-2/h3-10,12H,11,13H2,1-2H3/b19-12+,26-14+. The third-order valence-electron chi connectivity index (χ3n) is 4.01. The monoisotopic (exact) mass is 425 g/mol. The Labute approximate surface area is 170 Å². The molecule has 2 rings (SSSR count). The van der Waals surface area contributed by atoms with Gasteiger partial charge in [0.05, 0.1) is 18.4 Å². The lowest BCUT2D eigenvalue weighted by Crippen LogP contribution is -2.08. The second kappa shape index (κ2) is 10.4. The van der Waals surface area contributed by atoms with Crippen LogP contribution in [0.4, 0.5) is 17.6 Å². The molecule has 2 aromatic rings. The first-order valence-electron chi connectivity index (χ1n) is 8.66. The number of alkyl halides is 4. The maximum absolute atomic E-state index is 12.9. The first-order chi connectivity index (χ1) is 14.3. The van der Waals surface area contributed by atoms with Gasteiger partial charge in [0, 0.05) is 5.56 Å². The second-order valence-electron chi connectivity index (χ2n) is 5.98. The van der Waals surface area contributed by atoms with E-state index in [0.29, 0.717) is 11.1 Å². The lowest BCUT2D eigenvalue weighted by molar-refractivity contribution is -0.137. The van der Waals surface area contributed by atoms with E-state index in [4.69, 9.17) is 4.84 Å². The third-order valence-corrected chi connectivity index (χ3v) is 4.01. The van der Waals surface area contributed by atoms with Crippen molar-refractivity contribution >= 4 is 17.3 Å². The summed E-state index contributed by atoms with van der Waals surface area (Å²) in [6.45, 7) is 0.284. The van der Waals surface area contributed by atoms with E-state index in [-0.39, 0.29) is 23.5 Å². The normalized spacial score (nSPS) is 12.5. The highest BCUT2D eigenvalue weighted by Gasteiger charge is 2.30. The molecule has 0 saturated carbocycles. The van der Waals surface area contributed by atoms with E-state index in [1.165, 1.54) is 26.2 Å². The van der Waals surface area contributed by atoms with E-state index in [9.17, 15) is 22.4 Å². The van der Waals surface area contributed by atoms with E-state index in [0.717, 1.165) is 18.4 Å². The number of hydrogen-bond donors (Lipinski definition) is 0. The van der Waals surface area contributed by atoms with Crippen molar-refractivity contribution in [2.45, 2.75) is 19.7 Å². The van der Waals surface area contributed by atoms with E-state index in [1.54, 1.807) is 24.3 Å². The summed E-state index contributed by atoms with van der Waals surface area (Å²) in [5, 5.41) is 3.86. The summed E-state index contributed by atoms with van der Waals surface area (Å²) in [6, 6.07) is 11.3. The first-order valence-corrected chi connectivity index (χ1v) is 8.66. The Hall–Kier alpha value is -3.36. The molecule has 0 saturated heterocycles. The molecular formula is C21H19F4NO4. The number of halogens is 4. The van der Waals surface area contributed by atoms with Crippen LogP contribution in [0, 0.1) is 0 Å². The molecule has 0 aromatic heterocycles. The molecule has 0 aliphatic rings. The summed E-state index contributed by atoms with van der Waals surface area (Å²) in [7, 11) is 1.17. The molecule has 0 bridgehead atoms. The Morgan fingerprint density at radius 1 is 1.13 bits per heavy atom. The van der Waals surface area contributed by atoms with Crippen molar-refractivity contribution in [2.24, 2.45) is 5.16 Å². The van der Waals surface area contributed by atoms with Gasteiger partial charge >= 0.3 is 12.1 Å². The molecule has 0 amide bonds. The minimum absolute atomic E-state index is 0.0204. The largest absolute Gasteiger partial charge is 0.470 e. The molecule has 2 aromatic carbocycles. The molecule has 0 spiro atoms. The van der Waals surface area contributed by atoms with Crippen molar-refractivity contribution in [1.29, 1.82) is 0 Å². The predicted octanol–water partition coefficient (Wildman–Crippen LogP) is 5.10. The van der Waals surface area contributed by atoms with Gasteiger partial charge in [0.1, 0.15) is 18.4 Å². The van der Waals surface area contributed by atoms with E-state index >= 15 is 0 Å². The van der Waals surface area contributed by atoms with Crippen LogP contribution in [0.5, 0.6) is 0 Å². The van der Waals surface area contributed by atoms with Crippen molar-refractivity contribution in [3.63, 3.8) is 0 Å². The molecule has 5 nitrogen and oxygen atoms in total. The van der Waals surface area contributed by atoms with Gasteiger partial charge in [-0.2, -0.15) is 13.2 Å². The third kappa shape index (κ3) is 6.07. The second-order valence-corrected chi connectivity index (χ2v) is 5.98. The number of esters is 1. The Bertz CT molecular complexity index is 939. The molecular weight excluding hydrogens is 406 g/mol. The average Bonchev–Trinajstić information content (AvgIpc) is 2.74. The van der Waals surface area contributed by atoms with Crippen LogP contribution in [-0.4, -0.2) is 25.7 Å². The van der Waals surface area contributed by atoms with Gasteiger partial charge in [-0.1, -0.05) is 41.6 Å². The Morgan fingerprint density at radius 3 is 2.53 bits per heavy atom. The SMILES string of the molecule is COC(=O)/C(=C/OCF)c1ccccc1CO/N=C(\C)c1cccc(C(F)(F)F)c1. The van der Waals surface area contributed by atoms with Gasteiger partial charge in [-0.15, -0.1) is 0 Å². The van der Waals surface area contributed by atoms with Crippen LogP contribution in [-0.2, 0) is 31.9 Å². The molecule has 0 aliphatic carbocycles. The lowest BCUT2D eigenvalue weighted by atomic mass is 10.0. The fraction of sp³-hybridized carbons (Fsp3) is 0.238. The fourth-order valence-corrected chi connectivity index (χ4v) is 2.53. The van der Waals surface area contributed by atoms with Crippen molar-refractivity contribution < 1.29 is 36.7 Å².